The Balaban J connectivity index is 1.51. The lowest BCUT2D eigenvalue weighted by atomic mass is 10.1. The minimum atomic E-state index is -1.04. The van der Waals surface area contributed by atoms with Gasteiger partial charge in [-0.3, -0.25) is 0 Å². The van der Waals surface area contributed by atoms with E-state index in [9.17, 15) is 9.59 Å². The summed E-state index contributed by atoms with van der Waals surface area (Å²) in [6.45, 7) is 2.95. The van der Waals surface area contributed by atoms with Crippen LogP contribution in [0.2, 0.25) is 0 Å². The van der Waals surface area contributed by atoms with E-state index in [0.29, 0.717) is 19.0 Å². The summed E-state index contributed by atoms with van der Waals surface area (Å²) in [5, 5.41) is 12.0. The lowest BCUT2D eigenvalue weighted by molar-refractivity contribution is -0.154. The molecule has 1 aromatic rings. The first-order valence-corrected chi connectivity index (χ1v) is 9.35. The normalized spacial score (nSPS) is 22.1. The van der Waals surface area contributed by atoms with Gasteiger partial charge in [0, 0.05) is 50.1 Å². The SMILES string of the molecule is COc1cc(OC)cc(N2CCC(CNC(=O)N3CCOC(C(=O)O)C3)C2)c1. The number of urea groups is 1. The molecule has 0 bridgehead atoms. The van der Waals surface area contributed by atoms with E-state index in [4.69, 9.17) is 19.3 Å². The molecule has 9 nitrogen and oxygen atoms in total. The number of amides is 2. The number of hydrogen-bond acceptors (Lipinski definition) is 6. The molecule has 3 rings (SSSR count). The second kappa shape index (κ2) is 9.01. The van der Waals surface area contributed by atoms with Crippen LogP contribution in [-0.4, -0.2) is 81.7 Å². The topological polar surface area (TPSA) is 101 Å². The van der Waals surface area contributed by atoms with Gasteiger partial charge in [0.2, 0.25) is 0 Å². The lowest BCUT2D eigenvalue weighted by Crippen LogP contribution is -2.52. The first-order chi connectivity index (χ1) is 13.5. The molecule has 9 heteroatoms. The van der Waals surface area contributed by atoms with Gasteiger partial charge >= 0.3 is 12.0 Å². The van der Waals surface area contributed by atoms with E-state index >= 15 is 0 Å². The minimum Gasteiger partial charge on any atom is -0.497 e. The van der Waals surface area contributed by atoms with Crippen LogP contribution in [0.1, 0.15) is 6.42 Å². The van der Waals surface area contributed by atoms with Gasteiger partial charge in [0.25, 0.3) is 0 Å². The van der Waals surface area contributed by atoms with E-state index < -0.39 is 12.1 Å². The van der Waals surface area contributed by atoms with Crippen molar-refractivity contribution >= 4 is 17.7 Å². The third-order valence-corrected chi connectivity index (χ3v) is 5.16. The molecule has 2 unspecified atom stereocenters. The number of nitrogens with zero attached hydrogens (tertiary/aromatic N) is 2. The molecule has 0 saturated carbocycles. The number of carboxylic acids is 1. The molecule has 154 valence electrons. The molecule has 2 atom stereocenters. The molecule has 2 fully saturated rings. The minimum absolute atomic E-state index is 0.0710. The van der Waals surface area contributed by atoms with Gasteiger partial charge in [-0.25, -0.2) is 9.59 Å². The fraction of sp³-hybridized carbons (Fsp3) is 0.579. The third-order valence-electron chi connectivity index (χ3n) is 5.16. The quantitative estimate of drug-likeness (QED) is 0.744. The smallest absolute Gasteiger partial charge is 0.334 e. The highest BCUT2D eigenvalue weighted by molar-refractivity contribution is 5.77. The van der Waals surface area contributed by atoms with Crippen molar-refractivity contribution in [3.63, 3.8) is 0 Å². The second-order valence-corrected chi connectivity index (χ2v) is 7.00. The molecule has 1 aromatic carbocycles. The maximum absolute atomic E-state index is 12.4. The van der Waals surface area contributed by atoms with Gasteiger partial charge in [-0.1, -0.05) is 0 Å². The van der Waals surface area contributed by atoms with Crippen LogP contribution in [0.15, 0.2) is 18.2 Å². The van der Waals surface area contributed by atoms with Crippen molar-refractivity contribution in [2.45, 2.75) is 12.5 Å². The van der Waals surface area contributed by atoms with E-state index in [0.717, 1.165) is 36.7 Å². The van der Waals surface area contributed by atoms with Crippen LogP contribution in [0.3, 0.4) is 0 Å². The Morgan fingerprint density at radius 2 is 1.89 bits per heavy atom. The third kappa shape index (κ3) is 4.78. The molecule has 0 spiro atoms. The number of morpholine rings is 1. The largest absolute Gasteiger partial charge is 0.497 e. The number of anilines is 1. The lowest BCUT2D eigenvalue weighted by Gasteiger charge is -2.31. The van der Waals surface area contributed by atoms with Gasteiger partial charge < -0.3 is 34.4 Å². The molecule has 0 aromatic heterocycles. The highest BCUT2D eigenvalue weighted by Gasteiger charge is 2.30. The number of methoxy groups -OCH3 is 2. The Bertz CT molecular complexity index is 691. The van der Waals surface area contributed by atoms with E-state index in [-0.39, 0.29) is 19.2 Å². The van der Waals surface area contributed by atoms with Crippen LogP contribution < -0.4 is 19.7 Å². The first-order valence-electron chi connectivity index (χ1n) is 9.35. The highest BCUT2D eigenvalue weighted by atomic mass is 16.5. The molecular formula is C19H27N3O6. The van der Waals surface area contributed by atoms with Crippen molar-refractivity contribution in [3.8, 4) is 11.5 Å². The molecule has 2 amide bonds. The van der Waals surface area contributed by atoms with Crippen LogP contribution in [0, 0.1) is 5.92 Å². The summed E-state index contributed by atoms with van der Waals surface area (Å²) in [7, 11) is 3.25. The molecule has 2 aliphatic rings. The fourth-order valence-corrected chi connectivity index (χ4v) is 3.54. The number of carbonyl (C=O) groups is 2. The van der Waals surface area contributed by atoms with Crippen molar-refractivity contribution in [1.82, 2.24) is 10.2 Å². The monoisotopic (exact) mass is 393 g/mol. The summed E-state index contributed by atoms with van der Waals surface area (Å²) in [6.07, 6.45) is 0.00484. The Hall–Kier alpha value is -2.68. The zero-order valence-corrected chi connectivity index (χ0v) is 16.2. The molecule has 2 N–H and O–H groups in total. The van der Waals surface area contributed by atoms with Crippen LogP contribution in [0.25, 0.3) is 0 Å². The average molecular weight is 393 g/mol. The van der Waals surface area contributed by atoms with Crippen molar-refractivity contribution < 1.29 is 28.9 Å². The van der Waals surface area contributed by atoms with E-state index in [1.807, 2.05) is 18.2 Å². The number of ether oxygens (including phenoxy) is 3. The first kappa shape index (κ1) is 20.1. The second-order valence-electron chi connectivity index (χ2n) is 7.00. The van der Waals surface area contributed by atoms with Gasteiger partial charge in [-0.05, 0) is 12.3 Å². The van der Waals surface area contributed by atoms with Gasteiger partial charge in [0.05, 0.1) is 27.4 Å². The van der Waals surface area contributed by atoms with Crippen molar-refractivity contribution in [2.75, 3.05) is 58.5 Å². The Kier molecular flexibility index (Phi) is 6.45. The molecule has 0 aliphatic carbocycles. The van der Waals surface area contributed by atoms with E-state index in [2.05, 4.69) is 10.2 Å². The Labute approximate surface area is 164 Å². The predicted octanol–water partition coefficient (Wildman–Crippen LogP) is 1.03. The number of carbonyl (C=O) groups excluding carboxylic acids is 1. The summed E-state index contributed by atoms with van der Waals surface area (Å²) in [4.78, 5) is 27.2. The average Bonchev–Trinajstić information content (AvgIpc) is 3.20. The molecule has 2 heterocycles. The van der Waals surface area contributed by atoms with Crippen LogP contribution in [0.5, 0.6) is 11.5 Å². The van der Waals surface area contributed by atoms with Crippen LogP contribution >= 0.6 is 0 Å². The fourth-order valence-electron chi connectivity index (χ4n) is 3.54. The Morgan fingerprint density at radius 3 is 2.54 bits per heavy atom. The summed E-state index contributed by atoms with van der Waals surface area (Å²) in [5.74, 6) is 0.757. The maximum Gasteiger partial charge on any atom is 0.334 e. The molecule has 0 radical (unpaired) electrons. The van der Waals surface area contributed by atoms with Gasteiger partial charge in [-0.15, -0.1) is 0 Å². The number of benzene rings is 1. The van der Waals surface area contributed by atoms with Gasteiger partial charge in [0.15, 0.2) is 6.10 Å². The summed E-state index contributed by atoms with van der Waals surface area (Å²) in [5.41, 5.74) is 1.03. The summed E-state index contributed by atoms with van der Waals surface area (Å²) < 4.78 is 15.8. The molecule has 2 aliphatic heterocycles. The molecule has 2 saturated heterocycles. The summed E-state index contributed by atoms with van der Waals surface area (Å²) in [6, 6.07) is 5.55. The molecule has 28 heavy (non-hydrogen) atoms. The van der Waals surface area contributed by atoms with E-state index in [1.165, 1.54) is 4.90 Å². The number of carboxylic acid groups (broad SMARTS) is 1. The van der Waals surface area contributed by atoms with Crippen LogP contribution in [0.4, 0.5) is 10.5 Å². The van der Waals surface area contributed by atoms with Crippen LogP contribution in [-0.2, 0) is 9.53 Å². The number of nitrogens with one attached hydrogen (secondary N) is 1. The predicted molar refractivity (Wildman–Crippen MR) is 102 cm³/mol. The van der Waals surface area contributed by atoms with Gasteiger partial charge in [-0.2, -0.15) is 0 Å². The van der Waals surface area contributed by atoms with E-state index in [1.54, 1.807) is 14.2 Å². The van der Waals surface area contributed by atoms with Gasteiger partial charge in [0.1, 0.15) is 11.5 Å². The highest BCUT2D eigenvalue weighted by Crippen LogP contribution is 2.31. The summed E-state index contributed by atoms with van der Waals surface area (Å²) >= 11 is 0. The zero-order chi connectivity index (χ0) is 20.1. The Morgan fingerprint density at radius 1 is 1.18 bits per heavy atom. The van der Waals surface area contributed by atoms with Crippen molar-refractivity contribution in [1.29, 1.82) is 0 Å². The molecular weight excluding hydrogens is 366 g/mol. The number of hydrogen-bond donors (Lipinski definition) is 2. The standard InChI is InChI=1S/C19H27N3O6/c1-26-15-7-14(8-16(9-15)27-2)21-4-3-13(11-21)10-20-19(25)22-5-6-28-17(12-22)18(23)24/h7-9,13,17H,3-6,10-12H2,1-2H3,(H,20,25)(H,23,24). The van der Waals surface area contributed by atoms with Crippen molar-refractivity contribution in [3.05, 3.63) is 18.2 Å². The maximum atomic E-state index is 12.4. The van der Waals surface area contributed by atoms with Crippen molar-refractivity contribution in [2.24, 2.45) is 5.92 Å². The zero-order valence-electron chi connectivity index (χ0n) is 16.2. The number of aliphatic carboxylic acids is 1. The number of rotatable bonds is 6.